The molecule has 2 aromatic carbocycles. The van der Waals surface area contributed by atoms with E-state index in [9.17, 15) is 19.9 Å². The molecule has 4 aromatic rings. The Morgan fingerprint density at radius 2 is 1.66 bits per heavy atom. The SMILES string of the molecule is COc1cc[n+]([O-])c(C)c1[C@@]1(O)C[C@H](n2cc(C)c(=O)[nH]c2=O)O[C@@H]1CO[Si](c1ccccc1)(c1ccccc1)C(C)(C)C. The number of H-pyrrole nitrogens is 1. The van der Waals surface area contributed by atoms with Crippen molar-refractivity contribution in [1.82, 2.24) is 9.55 Å². The van der Waals surface area contributed by atoms with Crippen molar-refractivity contribution < 1.29 is 23.7 Å². The van der Waals surface area contributed by atoms with Crippen LogP contribution >= 0.6 is 0 Å². The molecule has 2 N–H and O–H groups in total. The van der Waals surface area contributed by atoms with E-state index in [1.807, 2.05) is 36.4 Å². The summed E-state index contributed by atoms with van der Waals surface area (Å²) in [4.78, 5) is 27.4. The predicted molar refractivity (Wildman–Crippen MR) is 169 cm³/mol. The minimum Gasteiger partial charge on any atom is -0.618 e. The van der Waals surface area contributed by atoms with E-state index in [-0.39, 0.29) is 29.3 Å². The average molecular weight is 618 g/mol. The van der Waals surface area contributed by atoms with Crippen LogP contribution in [0.2, 0.25) is 5.04 Å². The molecule has 232 valence electrons. The fourth-order valence-electron chi connectivity index (χ4n) is 6.43. The summed E-state index contributed by atoms with van der Waals surface area (Å²) in [5, 5.41) is 27.2. The molecule has 5 rings (SSSR count). The third kappa shape index (κ3) is 5.30. The van der Waals surface area contributed by atoms with Crippen molar-refractivity contribution in [3.05, 3.63) is 122 Å². The van der Waals surface area contributed by atoms with E-state index in [0.29, 0.717) is 16.0 Å². The number of nitrogens with zero attached hydrogens (tertiary/aromatic N) is 2. The van der Waals surface area contributed by atoms with Gasteiger partial charge >= 0.3 is 5.69 Å². The van der Waals surface area contributed by atoms with Gasteiger partial charge in [0.05, 0.1) is 19.3 Å². The van der Waals surface area contributed by atoms with Crippen molar-refractivity contribution in [3.8, 4) is 5.75 Å². The second kappa shape index (κ2) is 11.8. The van der Waals surface area contributed by atoms with Gasteiger partial charge in [0.15, 0.2) is 11.9 Å². The lowest BCUT2D eigenvalue weighted by molar-refractivity contribution is -0.613. The largest absolute Gasteiger partial charge is 0.618 e. The molecule has 1 aliphatic rings. The molecule has 0 amide bonds. The van der Waals surface area contributed by atoms with Crippen LogP contribution in [0.3, 0.4) is 0 Å². The Morgan fingerprint density at radius 1 is 1.07 bits per heavy atom. The van der Waals surface area contributed by atoms with Crippen LogP contribution in [0, 0.1) is 19.1 Å². The Balaban J connectivity index is 1.67. The summed E-state index contributed by atoms with van der Waals surface area (Å²) in [7, 11) is -1.59. The quantitative estimate of drug-likeness (QED) is 0.177. The number of ether oxygens (including phenoxy) is 2. The summed E-state index contributed by atoms with van der Waals surface area (Å²) in [5.41, 5.74) is -2.17. The summed E-state index contributed by atoms with van der Waals surface area (Å²) in [6, 6.07) is 21.7. The van der Waals surface area contributed by atoms with Crippen molar-refractivity contribution >= 4 is 18.7 Å². The monoisotopic (exact) mass is 617 g/mol. The normalized spacial score (nSPS) is 20.5. The molecular formula is C33H39N3O7Si. The molecule has 0 bridgehead atoms. The molecule has 1 aliphatic heterocycles. The number of methoxy groups -OCH3 is 1. The molecule has 0 radical (unpaired) electrons. The van der Waals surface area contributed by atoms with Gasteiger partial charge in [-0.25, -0.2) is 4.79 Å². The molecule has 44 heavy (non-hydrogen) atoms. The van der Waals surface area contributed by atoms with Crippen LogP contribution in [0.5, 0.6) is 5.75 Å². The van der Waals surface area contributed by atoms with Gasteiger partial charge in [-0.2, -0.15) is 4.73 Å². The number of aromatic nitrogens is 3. The van der Waals surface area contributed by atoms with Crippen LogP contribution in [0.25, 0.3) is 0 Å². The van der Waals surface area contributed by atoms with Crippen molar-refractivity contribution in [2.24, 2.45) is 0 Å². The number of aliphatic hydroxyl groups is 1. The third-order valence-corrected chi connectivity index (χ3v) is 13.6. The summed E-state index contributed by atoms with van der Waals surface area (Å²) >= 11 is 0. The molecule has 0 aliphatic carbocycles. The number of rotatable bonds is 8. The lowest BCUT2D eigenvalue weighted by atomic mass is 9.85. The van der Waals surface area contributed by atoms with Crippen molar-refractivity contribution in [3.63, 3.8) is 0 Å². The first kappa shape index (κ1) is 31.4. The molecule has 3 atom stereocenters. The zero-order chi connectivity index (χ0) is 31.9. The van der Waals surface area contributed by atoms with Gasteiger partial charge < -0.3 is 24.2 Å². The average Bonchev–Trinajstić information content (AvgIpc) is 3.33. The molecule has 11 heteroatoms. The summed E-state index contributed by atoms with van der Waals surface area (Å²) in [5.74, 6) is 0.307. The number of nitrogens with one attached hydrogen (secondary N) is 1. The molecule has 1 saturated heterocycles. The summed E-state index contributed by atoms with van der Waals surface area (Å²) < 4.78 is 21.2. The lowest BCUT2D eigenvalue weighted by Gasteiger charge is -2.44. The van der Waals surface area contributed by atoms with Gasteiger partial charge in [0.1, 0.15) is 23.7 Å². The van der Waals surface area contributed by atoms with Gasteiger partial charge in [-0.1, -0.05) is 81.4 Å². The smallest absolute Gasteiger partial charge is 0.330 e. The highest BCUT2D eigenvalue weighted by Crippen LogP contribution is 2.48. The van der Waals surface area contributed by atoms with Gasteiger partial charge in [0, 0.05) is 31.2 Å². The Bertz CT molecular complexity index is 1710. The van der Waals surface area contributed by atoms with Gasteiger partial charge in [-0.05, 0) is 22.3 Å². The van der Waals surface area contributed by atoms with E-state index >= 15 is 0 Å². The Kier molecular flexibility index (Phi) is 8.43. The van der Waals surface area contributed by atoms with E-state index in [1.165, 1.54) is 30.1 Å². The van der Waals surface area contributed by atoms with Crippen molar-refractivity contribution in [2.45, 2.75) is 64.0 Å². The first-order valence-corrected chi connectivity index (χ1v) is 16.5. The van der Waals surface area contributed by atoms with Crippen LogP contribution in [0.4, 0.5) is 0 Å². The fraction of sp³-hybridized carbons (Fsp3) is 0.364. The highest BCUT2D eigenvalue weighted by Gasteiger charge is 2.56. The molecule has 0 unspecified atom stereocenters. The maximum Gasteiger partial charge on any atom is 0.330 e. The van der Waals surface area contributed by atoms with Crippen molar-refractivity contribution in [1.29, 1.82) is 0 Å². The van der Waals surface area contributed by atoms with Gasteiger partial charge in [-0.15, -0.1) is 0 Å². The Hall–Kier alpha value is -4.03. The molecular weight excluding hydrogens is 578 g/mol. The minimum absolute atomic E-state index is 0.0618. The van der Waals surface area contributed by atoms with Crippen molar-refractivity contribution in [2.75, 3.05) is 13.7 Å². The second-order valence-corrected chi connectivity index (χ2v) is 16.6. The third-order valence-electron chi connectivity index (χ3n) is 8.62. The van der Waals surface area contributed by atoms with E-state index in [1.54, 1.807) is 13.8 Å². The Labute approximate surface area is 257 Å². The molecule has 0 spiro atoms. The Morgan fingerprint density at radius 3 is 2.20 bits per heavy atom. The second-order valence-electron chi connectivity index (χ2n) is 12.3. The number of benzene rings is 2. The molecule has 0 saturated carbocycles. The van der Waals surface area contributed by atoms with Crippen LogP contribution < -0.4 is 31.1 Å². The molecule has 3 heterocycles. The number of aromatic amines is 1. The number of pyridine rings is 1. The zero-order valence-corrected chi connectivity index (χ0v) is 26.9. The van der Waals surface area contributed by atoms with E-state index < -0.39 is 37.5 Å². The zero-order valence-electron chi connectivity index (χ0n) is 25.9. The van der Waals surface area contributed by atoms with Crippen LogP contribution in [0.1, 0.15) is 50.2 Å². The first-order valence-electron chi connectivity index (χ1n) is 14.6. The van der Waals surface area contributed by atoms with Crippen LogP contribution in [-0.4, -0.2) is 42.8 Å². The van der Waals surface area contributed by atoms with E-state index in [2.05, 4.69) is 50.0 Å². The number of aryl methyl sites for hydroxylation is 1. The highest BCUT2D eigenvalue weighted by atomic mass is 28.4. The van der Waals surface area contributed by atoms with E-state index in [4.69, 9.17) is 13.9 Å². The summed E-state index contributed by atoms with van der Waals surface area (Å²) in [6.07, 6.45) is 0.635. The van der Waals surface area contributed by atoms with E-state index in [0.717, 1.165) is 10.4 Å². The maximum absolute atomic E-state index is 12.9. The predicted octanol–water partition coefficient (Wildman–Crippen LogP) is 2.55. The molecule has 2 aromatic heterocycles. The number of hydrogen-bond donors (Lipinski definition) is 2. The van der Waals surface area contributed by atoms with Gasteiger partial charge in [0.2, 0.25) is 0 Å². The standard InChI is InChI=1S/C33H39N3O7Si/c1-22-20-35(31(38)34-30(22)37)28-19-33(39,29-23(2)36(40)18-17-26(29)41-6)27(43-28)21-42-44(32(3,4)5,24-13-9-7-10-14-24)25-15-11-8-12-16-25/h7-18,20,27-28,39H,19,21H2,1-6H3,(H,34,37,38)/t27-,28-,33-/m1/s1. The maximum atomic E-state index is 12.9. The highest BCUT2D eigenvalue weighted by molar-refractivity contribution is 6.99. The fourth-order valence-corrected chi connectivity index (χ4v) is 11.0. The van der Waals surface area contributed by atoms with Crippen LogP contribution in [-0.2, 0) is 14.8 Å². The number of hydrogen-bond acceptors (Lipinski definition) is 7. The first-order chi connectivity index (χ1) is 20.8. The topological polar surface area (TPSA) is 130 Å². The van der Waals surface area contributed by atoms with Crippen LogP contribution in [0.15, 0.2) is 88.7 Å². The minimum atomic E-state index is -3.06. The molecule has 1 fully saturated rings. The van der Waals surface area contributed by atoms with Gasteiger partial charge in [-0.3, -0.25) is 14.3 Å². The lowest BCUT2D eigenvalue weighted by Crippen LogP contribution is -2.67. The summed E-state index contributed by atoms with van der Waals surface area (Å²) in [6.45, 7) is 9.58. The molecule has 10 nitrogen and oxygen atoms in total. The van der Waals surface area contributed by atoms with Gasteiger partial charge in [0.25, 0.3) is 13.9 Å².